The Morgan fingerprint density at radius 2 is 2.24 bits per heavy atom. The van der Waals surface area contributed by atoms with Crippen molar-refractivity contribution >= 4 is 0 Å². The topological polar surface area (TPSA) is 23.5 Å². The second-order valence-electron chi connectivity index (χ2n) is 5.69. The van der Waals surface area contributed by atoms with Gasteiger partial charge in [-0.15, -0.1) is 0 Å². The maximum Gasteiger partial charge on any atom is 0.0923 e. The number of hydrogen-bond acceptors (Lipinski definition) is 2. The van der Waals surface area contributed by atoms with Gasteiger partial charge in [0, 0.05) is 12.6 Å². The molecule has 0 spiro atoms. The van der Waals surface area contributed by atoms with Crippen LogP contribution >= 0.6 is 0 Å². The molecular weight excluding hydrogens is 210 g/mol. The summed E-state index contributed by atoms with van der Waals surface area (Å²) in [6.07, 6.45) is 4.35. The van der Waals surface area contributed by atoms with E-state index in [0.29, 0.717) is 6.04 Å². The number of benzene rings is 1. The zero-order chi connectivity index (χ0) is 11.9. The molecule has 3 rings (SSSR count). The monoisotopic (exact) mass is 231 g/mol. The fraction of sp³-hybridized carbons (Fsp3) is 0.600. The lowest BCUT2D eigenvalue weighted by atomic mass is 9.80. The standard InChI is InChI=1S/C15H21NO/c1-12-4-2-5-13(10-12)15(17)7-9-16-8-3-6-14(16)11-15/h2,4-5,10,14,17H,3,6-9,11H2,1H3. The molecule has 0 aliphatic carbocycles. The van der Waals surface area contributed by atoms with Gasteiger partial charge in [-0.25, -0.2) is 0 Å². The van der Waals surface area contributed by atoms with Crippen molar-refractivity contribution in [3.8, 4) is 0 Å². The van der Waals surface area contributed by atoms with Gasteiger partial charge in [0.15, 0.2) is 0 Å². The molecule has 1 aromatic carbocycles. The minimum absolute atomic E-state index is 0.586. The predicted octanol–water partition coefficient (Wildman–Crippen LogP) is 2.44. The fourth-order valence-corrected chi connectivity index (χ4v) is 3.44. The van der Waals surface area contributed by atoms with Crippen LogP contribution in [0.3, 0.4) is 0 Å². The van der Waals surface area contributed by atoms with Crippen molar-refractivity contribution in [1.82, 2.24) is 4.90 Å². The molecule has 0 bridgehead atoms. The van der Waals surface area contributed by atoms with Gasteiger partial charge < -0.3 is 10.0 Å². The summed E-state index contributed by atoms with van der Waals surface area (Å²) < 4.78 is 0. The first kappa shape index (κ1) is 11.2. The number of piperidine rings is 1. The molecule has 0 radical (unpaired) electrons. The molecule has 1 N–H and O–H groups in total. The van der Waals surface area contributed by atoms with Crippen molar-refractivity contribution in [3.63, 3.8) is 0 Å². The van der Waals surface area contributed by atoms with Crippen LogP contribution < -0.4 is 0 Å². The molecule has 0 amide bonds. The zero-order valence-electron chi connectivity index (χ0n) is 10.5. The van der Waals surface area contributed by atoms with Crippen LogP contribution in [0.25, 0.3) is 0 Å². The largest absolute Gasteiger partial charge is 0.385 e. The molecule has 0 saturated carbocycles. The SMILES string of the molecule is Cc1cccc(C2(O)CCN3CCCC3C2)c1. The van der Waals surface area contributed by atoms with Gasteiger partial charge in [0.25, 0.3) is 0 Å². The van der Waals surface area contributed by atoms with Gasteiger partial charge in [0.1, 0.15) is 0 Å². The maximum atomic E-state index is 10.9. The molecule has 2 heterocycles. The van der Waals surface area contributed by atoms with Crippen LogP contribution in [0.2, 0.25) is 0 Å². The van der Waals surface area contributed by atoms with E-state index in [4.69, 9.17) is 0 Å². The highest BCUT2D eigenvalue weighted by molar-refractivity contribution is 5.28. The average molecular weight is 231 g/mol. The molecule has 2 unspecified atom stereocenters. The third-order valence-corrected chi connectivity index (χ3v) is 4.44. The van der Waals surface area contributed by atoms with Crippen LogP contribution in [-0.4, -0.2) is 29.1 Å². The Bertz CT molecular complexity index is 417. The van der Waals surface area contributed by atoms with Crippen molar-refractivity contribution in [2.75, 3.05) is 13.1 Å². The summed E-state index contributed by atoms with van der Waals surface area (Å²) in [4.78, 5) is 2.55. The Hall–Kier alpha value is -0.860. The Morgan fingerprint density at radius 3 is 3.06 bits per heavy atom. The molecule has 0 aromatic heterocycles. The third kappa shape index (κ3) is 2.00. The Balaban J connectivity index is 1.86. The molecule has 17 heavy (non-hydrogen) atoms. The van der Waals surface area contributed by atoms with Crippen LogP contribution in [0.1, 0.15) is 36.8 Å². The van der Waals surface area contributed by atoms with E-state index in [9.17, 15) is 5.11 Å². The molecule has 2 saturated heterocycles. The number of aryl methyl sites for hydroxylation is 1. The fourth-order valence-electron chi connectivity index (χ4n) is 3.44. The summed E-state index contributed by atoms with van der Waals surface area (Å²) in [7, 11) is 0. The van der Waals surface area contributed by atoms with E-state index in [0.717, 1.165) is 24.9 Å². The molecule has 92 valence electrons. The van der Waals surface area contributed by atoms with Gasteiger partial charge >= 0.3 is 0 Å². The molecule has 2 heteroatoms. The van der Waals surface area contributed by atoms with Gasteiger partial charge in [-0.1, -0.05) is 29.8 Å². The van der Waals surface area contributed by atoms with E-state index in [-0.39, 0.29) is 0 Å². The summed E-state index contributed by atoms with van der Waals surface area (Å²) in [6.45, 7) is 4.38. The number of hydrogen-bond donors (Lipinski definition) is 1. The van der Waals surface area contributed by atoms with E-state index in [1.54, 1.807) is 0 Å². The quantitative estimate of drug-likeness (QED) is 0.802. The van der Waals surface area contributed by atoms with Crippen molar-refractivity contribution in [1.29, 1.82) is 0 Å². The number of fused-ring (bicyclic) bond motifs is 1. The maximum absolute atomic E-state index is 10.9. The zero-order valence-corrected chi connectivity index (χ0v) is 10.5. The minimum Gasteiger partial charge on any atom is -0.385 e. The number of aliphatic hydroxyl groups is 1. The first-order valence-corrected chi connectivity index (χ1v) is 6.71. The van der Waals surface area contributed by atoms with Gasteiger partial charge in [-0.05, 0) is 44.7 Å². The van der Waals surface area contributed by atoms with Crippen LogP contribution in [0.15, 0.2) is 24.3 Å². The van der Waals surface area contributed by atoms with E-state index in [1.807, 2.05) is 0 Å². The van der Waals surface area contributed by atoms with E-state index in [1.165, 1.54) is 24.9 Å². The van der Waals surface area contributed by atoms with Crippen LogP contribution in [0.5, 0.6) is 0 Å². The van der Waals surface area contributed by atoms with Crippen molar-refractivity contribution in [2.45, 2.75) is 44.2 Å². The molecule has 2 atom stereocenters. The highest BCUT2D eigenvalue weighted by Gasteiger charge is 2.41. The second kappa shape index (κ2) is 4.11. The van der Waals surface area contributed by atoms with Gasteiger partial charge in [-0.2, -0.15) is 0 Å². The molecular formula is C15H21NO. The molecule has 2 aliphatic rings. The normalized spacial score (nSPS) is 33.6. The van der Waals surface area contributed by atoms with Gasteiger partial charge in [0.05, 0.1) is 5.60 Å². The summed E-state index contributed by atoms with van der Waals surface area (Å²) >= 11 is 0. The molecule has 2 nitrogen and oxygen atoms in total. The number of nitrogens with zero attached hydrogens (tertiary/aromatic N) is 1. The lowest BCUT2D eigenvalue weighted by Gasteiger charge is -2.41. The van der Waals surface area contributed by atoms with Gasteiger partial charge in [-0.3, -0.25) is 0 Å². The lowest BCUT2D eigenvalue weighted by molar-refractivity contribution is -0.0409. The summed E-state index contributed by atoms with van der Waals surface area (Å²) in [5, 5.41) is 10.9. The molecule has 1 aromatic rings. The predicted molar refractivity (Wildman–Crippen MR) is 68.9 cm³/mol. The van der Waals surface area contributed by atoms with Crippen LogP contribution in [0.4, 0.5) is 0 Å². The molecule has 2 fully saturated rings. The van der Waals surface area contributed by atoms with E-state index in [2.05, 4.69) is 36.1 Å². The third-order valence-electron chi connectivity index (χ3n) is 4.44. The smallest absolute Gasteiger partial charge is 0.0923 e. The Morgan fingerprint density at radius 1 is 1.35 bits per heavy atom. The summed E-state index contributed by atoms with van der Waals surface area (Å²) in [5.41, 5.74) is 1.77. The highest BCUT2D eigenvalue weighted by Crippen LogP contribution is 2.39. The van der Waals surface area contributed by atoms with Crippen LogP contribution in [-0.2, 0) is 5.60 Å². The molecule has 2 aliphatic heterocycles. The van der Waals surface area contributed by atoms with Crippen molar-refractivity contribution in [3.05, 3.63) is 35.4 Å². The number of rotatable bonds is 1. The van der Waals surface area contributed by atoms with Crippen molar-refractivity contribution in [2.24, 2.45) is 0 Å². The summed E-state index contributed by atoms with van der Waals surface area (Å²) in [6, 6.07) is 8.98. The minimum atomic E-state index is -0.586. The second-order valence-corrected chi connectivity index (χ2v) is 5.69. The first-order valence-electron chi connectivity index (χ1n) is 6.71. The van der Waals surface area contributed by atoms with E-state index < -0.39 is 5.60 Å². The van der Waals surface area contributed by atoms with Crippen molar-refractivity contribution < 1.29 is 5.11 Å². The average Bonchev–Trinajstić information content (AvgIpc) is 2.76. The van der Waals surface area contributed by atoms with E-state index >= 15 is 0 Å². The summed E-state index contributed by atoms with van der Waals surface area (Å²) in [5.74, 6) is 0. The first-order chi connectivity index (χ1) is 8.17. The Kier molecular flexibility index (Phi) is 2.72. The Labute approximate surface area is 103 Å². The highest BCUT2D eigenvalue weighted by atomic mass is 16.3. The van der Waals surface area contributed by atoms with Gasteiger partial charge in [0.2, 0.25) is 0 Å². The van der Waals surface area contributed by atoms with Crippen LogP contribution in [0, 0.1) is 6.92 Å². The lowest BCUT2D eigenvalue weighted by Crippen LogP contribution is -2.46.